The Bertz CT molecular complexity index is 930. The first-order chi connectivity index (χ1) is 12.0. The van der Waals surface area contributed by atoms with Crippen LogP contribution < -0.4 is 10.6 Å². The monoisotopic (exact) mass is 371 g/mol. The molecular formula is C20H22ClN3S. The zero-order chi connectivity index (χ0) is 18.0. The highest BCUT2D eigenvalue weighted by Gasteiger charge is 2.09. The maximum Gasteiger partial charge on any atom is 0.170 e. The Morgan fingerprint density at radius 3 is 2.76 bits per heavy atom. The maximum absolute atomic E-state index is 6.15. The molecule has 0 aliphatic heterocycles. The van der Waals surface area contributed by atoms with E-state index < -0.39 is 0 Å². The molecule has 3 nitrogen and oxygen atoms in total. The first-order valence-electron chi connectivity index (χ1n) is 8.33. The largest absolute Gasteiger partial charge is 0.362 e. The second-order valence-corrected chi connectivity index (χ2v) is 7.14. The van der Waals surface area contributed by atoms with E-state index in [0.29, 0.717) is 5.11 Å². The predicted octanol–water partition coefficient (Wildman–Crippen LogP) is 5.28. The summed E-state index contributed by atoms with van der Waals surface area (Å²) in [6.07, 6.45) is 0.908. The van der Waals surface area contributed by atoms with Crippen molar-refractivity contribution in [2.24, 2.45) is 0 Å². The van der Waals surface area contributed by atoms with Crippen molar-refractivity contribution < 1.29 is 0 Å². The molecule has 0 bridgehead atoms. The number of anilines is 1. The van der Waals surface area contributed by atoms with Crippen LogP contribution in [0.25, 0.3) is 10.9 Å². The molecule has 25 heavy (non-hydrogen) atoms. The number of fused-ring (bicyclic) bond motifs is 1. The number of nitrogens with one attached hydrogen (secondary N) is 3. The van der Waals surface area contributed by atoms with Crippen LogP contribution in [0.15, 0.2) is 36.4 Å². The topological polar surface area (TPSA) is 39.9 Å². The van der Waals surface area contributed by atoms with E-state index in [9.17, 15) is 0 Å². The normalized spacial score (nSPS) is 10.9. The fourth-order valence-electron chi connectivity index (χ4n) is 3.03. The molecule has 3 rings (SSSR count). The highest BCUT2D eigenvalue weighted by molar-refractivity contribution is 7.80. The van der Waals surface area contributed by atoms with Crippen molar-refractivity contribution in [3.63, 3.8) is 0 Å². The minimum absolute atomic E-state index is 0.610. The third-order valence-corrected chi connectivity index (χ3v) is 5.11. The minimum atomic E-state index is 0.610. The van der Waals surface area contributed by atoms with Crippen molar-refractivity contribution in [2.45, 2.75) is 27.2 Å². The van der Waals surface area contributed by atoms with Gasteiger partial charge in [-0.1, -0.05) is 29.3 Å². The van der Waals surface area contributed by atoms with Crippen LogP contribution >= 0.6 is 23.8 Å². The lowest BCUT2D eigenvalue weighted by Crippen LogP contribution is -2.30. The summed E-state index contributed by atoms with van der Waals surface area (Å²) in [5, 5.41) is 9.15. The van der Waals surface area contributed by atoms with Crippen LogP contribution in [0.5, 0.6) is 0 Å². The van der Waals surface area contributed by atoms with Crippen molar-refractivity contribution in [2.75, 3.05) is 11.9 Å². The molecule has 3 N–H and O–H groups in total. The van der Waals surface area contributed by atoms with Crippen LogP contribution in [0.3, 0.4) is 0 Å². The fraction of sp³-hybridized carbons (Fsp3) is 0.250. The molecule has 0 fully saturated rings. The second-order valence-electron chi connectivity index (χ2n) is 6.32. The number of H-pyrrole nitrogens is 1. The highest BCUT2D eigenvalue weighted by Crippen LogP contribution is 2.24. The van der Waals surface area contributed by atoms with E-state index >= 15 is 0 Å². The van der Waals surface area contributed by atoms with Crippen LogP contribution in [0, 0.1) is 20.8 Å². The van der Waals surface area contributed by atoms with Gasteiger partial charge in [0.15, 0.2) is 5.11 Å². The van der Waals surface area contributed by atoms with Crippen molar-refractivity contribution in [3.05, 3.63) is 63.8 Å². The molecule has 5 heteroatoms. The van der Waals surface area contributed by atoms with E-state index in [2.05, 4.69) is 47.7 Å². The third kappa shape index (κ3) is 3.97. The molecule has 0 atom stereocenters. The molecule has 1 aromatic heterocycles. The second kappa shape index (κ2) is 7.46. The Hall–Kier alpha value is -2.04. The van der Waals surface area contributed by atoms with Gasteiger partial charge >= 0.3 is 0 Å². The van der Waals surface area contributed by atoms with Gasteiger partial charge in [0.05, 0.1) is 0 Å². The van der Waals surface area contributed by atoms with Gasteiger partial charge in [0.2, 0.25) is 0 Å². The molecule has 0 spiro atoms. The quantitative estimate of drug-likeness (QED) is 0.547. The van der Waals surface area contributed by atoms with E-state index in [0.717, 1.165) is 29.2 Å². The van der Waals surface area contributed by atoms with Crippen LogP contribution in [-0.2, 0) is 6.42 Å². The summed E-state index contributed by atoms with van der Waals surface area (Å²) in [5.41, 5.74) is 6.95. The Balaban J connectivity index is 1.63. The molecule has 130 valence electrons. The molecule has 0 saturated heterocycles. The number of halogens is 1. The molecule has 0 saturated carbocycles. The van der Waals surface area contributed by atoms with Gasteiger partial charge in [0, 0.05) is 33.9 Å². The van der Waals surface area contributed by atoms with Gasteiger partial charge in [-0.2, -0.15) is 0 Å². The summed E-state index contributed by atoms with van der Waals surface area (Å²) in [6.45, 7) is 6.99. The van der Waals surface area contributed by atoms with Crippen LogP contribution in [0.2, 0.25) is 5.02 Å². The number of aromatic amines is 1. The van der Waals surface area contributed by atoms with Gasteiger partial charge in [-0.05, 0) is 74.8 Å². The number of benzene rings is 2. The van der Waals surface area contributed by atoms with Crippen molar-refractivity contribution in [1.29, 1.82) is 0 Å². The Morgan fingerprint density at radius 2 is 1.96 bits per heavy atom. The minimum Gasteiger partial charge on any atom is -0.362 e. The standard InChI is InChI=1S/C20H22ClN3S/c1-12-7-8-19-16(11-12)15(14(3)23-19)9-10-22-20(25)24-18-6-4-5-17(21)13(18)2/h4-8,11,23H,9-10H2,1-3H3,(H2,22,24,25). The van der Waals surface area contributed by atoms with Gasteiger partial charge < -0.3 is 15.6 Å². The molecule has 0 unspecified atom stereocenters. The van der Waals surface area contributed by atoms with E-state index in [1.54, 1.807) is 0 Å². The van der Waals surface area contributed by atoms with Crippen molar-refractivity contribution in [1.82, 2.24) is 10.3 Å². The zero-order valence-corrected chi connectivity index (χ0v) is 16.2. The third-order valence-electron chi connectivity index (χ3n) is 4.45. The fourth-order valence-corrected chi connectivity index (χ4v) is 3.42. The molecular weight excluding hydrogens is 350 g/mol. The van der Waals surface area contributed by atoms with Crippen molar-refractivity contribution >= 4 is 45.5 Å². The van der Waals surface area contributed by atoms with Crippen molar-refractivity contribution in [3.8, 4) is 0 Å². The van der Waals surface area contributed by atoms with Gasteiger partial charge in [-0.25, -0.2) is 0 Å². The summed E-state index contributed by atoms with van der Waals surface area (Å²) in [5.74, 6) is 0. The number of rotatable bonds is 4. The van der Waals surface area contributed by atoms with Gasteiger partial charge in [0.1, 0.15) is 0 Å². The molecule has 2 aromatic carbocycles. The summed E-state index contributed by atoms with van der Waals surface area (Å²) >= 11 is 11.6. The average Bonchev–Trinajstić information content (AvgIpc) is 2.87. The molecule has 0 aliphatic carbocycles. The smallest absolute Gasteiger partial charge is 0.170 e. The maximum atomic E-state index is 6.15. The van der Waals surface area contributed by atoms with E-state index in [4.69, 9.17) is 23.8 Å². The molecule has 1 heterocycles. The summed E-state index contributed by atoms with van der Waals surface area (Å²) in [7, 11) is 0. The van der Waals surface area contributed by atoms with Crippen LogP contribution in [0.4, 0.5) is 5.69 Å². The lowest BCUT2D eigenvalue weighted by Gasteiger charge is -2.13. The van der Waals surface area contributed by atoms with E-state index in [1.807, 2.05) is 25.1 Å². The SMILES string of the molecule is Cc1ccc2[nH]c(C)c(CCNC(=S)Nc3cccc(Cl)c3C)c2c1. The Kier molecular flexibility index (Phi) is 5.30. The van der Waals surface area contributed by atoms with Gasteiger partial charge in [-0.3, -0.25) is 0 Å². The van der Waals surface area contributed by atoms with E-state index in [1.165, 1.54) is 27.7 Å². The van der Waals surface area contributed by atoms with E-state index in [-0.39, 0.29) is 0 Å². The first kappa shape index (κ1) is 17.8. The number of aromatic nitrogens is 1. The summed E-state index contributed by atoms with van der Waals surface area (Å²) < 4.78 is 0. The van der Waals surface area contributed by atoms with Crippen LogP contribution in [-0.4, -0.2) is 16.6 Å². The molecule has 3 aromatic rings. The van der Waals surface area contributed by atoms with Crippen LogP contribution in [0.1, 0.15) is 22.4 Å². The highest BCUT2D eigenvalue weighted by atomic mass is 35.5. The molecule has 0 aliphatic rings. The van der Waals surface area contributed by atoms with Gasteiger partial charge in [-0.15, -0.1) is 0 Å². The van der Waals surface area contributed by atoms with Gasteiger partial charge in [0.25, 0.3) is 0 Å². The first-order valence-corrected chi connectivity index (χ1v) is 9.12. The lowest BCUT2D eigenvalue weighted by atomic mass is 10.1. The lowest BCUT2D eigenvalue weighted by molar-refractivity contribution is 0.871. The number of hydrogen-bond acceptors (Lipinski definition) is 1. The zero-order valence-electron chi connectivity index (χ0n) is 14.7. The molecule has 0 amide bonds. The average molecular weight is 372 g/mol. The summed E-state index contributed by atoms with van der Waals surface area (Å²) in [6, 6.07) is 12.3. The Labute approximate surface area is 158 Å². The Morgan fingerprint density at radius 1 is 1.16 bits per heavy atom. The number of thiocarbonyl (C=S) groups is 1. The summed E-state index contributed by atoms with van der Waals surface area (Å²) in [4.78, 5) is 3.46. The molecule has 0 radical (unpaired) electrons. The predicted molar refractivity (Wildman–Crippen MR) is 112 cm³/mol. The number of hydrogen-bond donors (Lipinski definition) is 3. The number of aryl methyl sites for hydroxylation is 2.